The quantitative estimate of drug-likeness (QED) is 0.703. The minimum atomic E-state index is 0.659. The molecule has 152 valence electrons. The van der Waals surface area contributed by atoms with Crippen molar-refractivity contribution in [2.75, 3.05) is 47.5 Å². The lowest BCUT2D eigenvalue weighted by molar-refractivity contribution is -1.02. The molecule has 0 amide bonds. The minimum Gasteiger partial charge on any atom is -0.493 e. The van der Waals surface area contributed by atoms with Gasteiger partial charge in [0.25, 0.3) is 0 Å². The van der Waals surface area contributed by atoms with Crippen LogP contribution in [0, 0.1) is 0 Å². The van der Waals surface area contributed by atoms with Crippen LogP contribution in [-0.4, -0.2) is 47.5 Å². The molecule has 1 fully saturated rings. The maximum atomic E-state index is 5.49. The number of rotatable bonds is 8. The lowest BCUT2D eigenvalue weighted by Gasteiger charge is -2.30. The third-order valence-electron chi connectivity index (χ3n) is 5.73. The molecule has 1 aliphatic rings. The minimum absolute atomic E-state index is 0.659. The van der Waals surface area contributed by atoms with Crippen LogP contribution in [0.1, 0.15) is 23.6 Å². The van der Waals surface area contributed by atoms with E-state index in [0.717, 1.165) is 31.0 Å². The predicted octanol–water partition coefficient (Wildman–Crippen LogP) is 0.758. The van der Waals surface area contributed by atoms with E-state index < -0.39 is 0 Å². The zero-order valence-corrected chi connectivity index (χ0v) is 17.6. The highest BCUT2D eigenvalue weighted by atomic mass is 16.5. The maximum Gasteiger partial charge on any atom is 0.203 e. The number of hydrogen-bond acceptors (Lipinski definition) is 3. The van der Waals surface area contributed by atoms with Crippen LogP contribution in [0.15, 0.2) is 36.4 Å². The van der Waals surface area contributed by atoms with Gasteiger partial charge in [-0.15, -0.1) is 0 Å². The molecule has 1 saturated heterocycles. The van der Waals surface area contributed by atoms with Gasteiger partial charge in [0.2, 0.25) is 5.75 Å². The van der Waals surface area contributed by atoms with Crippen molar-refractivity contribution in [3.8, 4) is 17.2 Å². The van der Waals surface area contributed by atoms with Crippen LogP contribution in [0.25, 0.3) is 0 Å². The van der Waals surface area contributed by atoms with E-state index in [2.05, 4.69) is 43.3 Å². The number of nitrogens with one attached hydrogen (secondary N) is 2. The first-order valence-electron chi connectivity index (χ1n) is 10.2. The van der Waals surface area contributed by atoms with Crippen LogP contribution in [0.4, 0.5) is 0 Å². The highest BCUT2D eigenvalue weighted by Crippen LogP contribution is 2.37. The van der Waals surface area contributed by atoms with Crippen molar-refractivity contribution in [2.24, 2.45) is 0 Å². The Morgan fingerprint density at radius 3 is 1.57 bits per heavy atom. The standard InChI is InChI=1S/C23H32N2O3/c1-5-18-6-8-19(9-7-18)16-24-10-12-25(13-11-24)17-20-14-21(26-2)23(28-4)22(15-20)27-3/h6-9,14-15H,5,10-13,16-17H2,1-4H3/p+2. The second-order valence-corrected chi connectivity index (χ2v) is 7.56. The molecule has 3 rings (SSSR count). The van der Waals surface area contributed by atoms with Crippen LogP contribution < -0.4 is 24.0 Å². The molecule has 1 aliphatic heterocycles. The van der Waals surface area contributed by atoms with Crippen LogP contribution in [0.3, 0.4) is 0 Å². The fraction of sp³-hybridized carbons (Fsp3) is 0.478. The average Bonchev–Trinajstić information content (AvgIpc) is 2.75. The maximum absolute atomic E-state index is 5.49. The zero-order chi connectivity index (χ0) is 19.9. The Bertz CT molecular complexity index is 728. The van der Waals surface area contributed by atoms with Gasteiger partial charge in [0, 0.05) is 11.1 Å². The Hall–Kier alpha value is -2.24. The molecule has 5 heteroatoms. The Morgan fingerprint density at radius 1 is 0.679 bits per heavy atom. The molecule has 2 aromatic rings. The van der Waals surface area contributed by atoms with E-state index in [1.807, 2.05) is 0 Å². The highest BCUT2D eigenvalue weighted by molar-refractivity contribution is 5.53. The summed E-state index contributed by atoms with van der Waals surface area (Å²) in [5.41, 5.74) is 4.08. The first-order chi connectivity index (χ1) is 13.7. The van der Waals surface area contributed by atoms with E-state index in [1.54, 1.807) is 31.1 Å². The summed E-state index contributed by atoms with van der Waals surface area (Å²) in [6, 6.07) is 13.3. The average molecular weight is 387 g/mol. The molecular weight excluding hydrogens is 352 g/mol. The van der Waals surface area contributed by atoms with Crippen LogP contribution in [0.5, 0.6) is 17.2 Å². The number of hydrogen-bond donors (Lipinski definition) is 2. The first-order valence-corrected chi connectivity index (χ1v) is 10.2. The molecule has 28 heavy (non-hydrogen) atoms. The second-order valence-electron chi connectivity index (χ2n) is 7.56. The summed E-state index contributed by atoms with van der Waals surface area (Å²) in [7, 11) is 4.98. The molecule has 1 heterocycles. The lowest BCUT2D eigenvalue weighted by atomic mass is 10.1. The third kappa shape index (κ3) is 4.97. The summed E-state index contributed by atoms with van der Waals surface area (Å²) in [4.78, 5) is 3.29. The molecule has 0 aromatic heterocycles. The Labute approximate surface area is 168 Å². The number of methoxy groups -OCH3 is 3. The molecule has 2 N–H and O–H groups in total. The molecule has 5 nitrogen and oxygen atoms in total. The predicted molar refractivity (Wildman–Crippen MR) is 111 cm³/mol. The van der Waals surface area contributed by atoms with E-state index in [-0.39, 0.29) is 0 Å². The van der Waals surface area contributed by atoms with Gasteiger partial charge in [0.05, 0.1) is 21.3 Å². The van der Waals surface area contributed by atoms with Crippen molar-refractivity contribution in [1.29, 1.82) is 0 Å². The summed E-state index contributed by atoms with van der Waals surface area (Å²) in [6.45, 7) is 9.08. The number of quaternary nitrogens is 2. The van der Waals surface area contributed by atoms with Gasteiger partial charge < -0.3 is 24.0 Å². The largest absolute Gasteiger partial charge is 0.493 e. The van der Waals surface area contributed by atoms with Crippen molar-refractivity contribution in [3.05, 3.63) is 53.1 Å². The lowest BCUT2D eigenvalue weighted by Crippen LogP contribution is -3.27. The SMILES string of the molecule is CCc1ccc(C[NH+]2CC[NH+](Cc3cc(OC)c(OC)c(OC)c3)CC2)cc1. The van der Waals surface area contributed by atoms with E-state index >= 15 is 0 Å². The first kappa shape index (κ1) is 20.5. The third-order valence-corrected chi connectivity index (χ3v) is 5.73. The van der Waals surface area contributed by atoms with Gasteiger partial charge in [0.15, 0.2) is 11.5 Å². The van der Waals surface area contributed by atoms with Gasteiger partial charge in [-0.2, -0.15) is 0 Å². The highest BCUT2D eigenvalue weighted by Gasteiger charge is 2.24. The van der Waals surface area contributed by atoms with E-state index in [0.29, 0.717) is 5.75 Å². The van der Waals surface area contributed by atoms with E-state index in [1.165, 1.54) is 42.9 Å². The zero-order valence-electron chi connectivity index (χ0n) is 17.6. The number of ether oxygens (including phenoxy) is 3. The molecule has 0 bridgehead atoms. The fourth-order valence-electron chi connectivity index (χ4n) is 4.02. The van der Waals surface area contributed by atoms with Crippen molar-refractivity contribution in [2.45, 2.75) is 26.4 Å². The molecule has 0 unspecified atom stereocenters. The topological polar surface area (TPSA) is 36.6 Å². The van der Waals surface area contributed by atoms with Crippen molar-refractivity contribution in [3.63, 3.8) is 0 Å². The van der Waals surface area contributed by atoms with E-state index in [9.17, 15) is 0 Å². The number of piperazine rings is 1. The monoisotopic (exact) mass is 386 g/mol. The molecule has 0 aliphatic carbocycles. The number of aryl methyl sites for hydroxylation is 1. The van der Waals surface area contributed by atoms with E-state index in [4.69, 9.17) is 14.2 Å². The van der Waals surface area contributed by atoms with Crippen molar-refractivity contribution in [1.82, 2.24) is 0 Å². The summed E-state index contributed by atoms with van der Waals surface area (Å²) >= 11 is 0. The van der Waals surface area contributed by atoms with Gasteiger partial charge >= 0.3 is 0 Å². The summed E-state index contributed by atoms with van der Waals surface area (Å²) in [6.07, 6.45) is 1.11. The van der Waals surface area contributed by atoms with Gasteiger partial charge in [0.1, 0.15) is 39.3 Å². The van der Waals surface area contributed by atoms with Gasteiger partial charge in [-0.1, -0.05) is 31.2 Å². The van der Waals surface area contributed by atoms with Crippen molar-refractivity contribution >= 4 is 0 Å². The van der Waals surface area contributed by atoms with Gasteiger partial charge in [-0.25, -0.2) is 0 Å². The number of benzene rings is 2. The van der Waals surface area contributed by atoms with Crippen LogP contribution in [0.2, 0.25) is 0 Å². The summed E-state index contributed by atoms with van der Waals surface area (Å²) < 4.78 is 16.4. The summed E-state index contributed by atoms with van der Waals surface area (Å²) in [5.74, 6) is 2.12. The Morgan fingerprint density at radius 2 is 1.14 bits per heavy atom. The summed E-state index contributed by atoms with van der Waals surface area (Å²) in [5, 5.41) is 0. The fourth-order valence-corrected chi connectivity index (χ4v) is 4.02. The van der Waals surface area contributed by atoms with Gasteiger partial charge in [-0.3, -0.25) is 0 Å². The Balaban J connectivity index is 1.56. The molecule has 0 radical (unpaired) electrons. The smallest absolute Gasteiger partial charge is 0.203 e. The molecule has 0 spiro atoms. The Kier molecular flexibility index (Phi) is 7.18. The molecular formula is C23H34N2O3+2. The molecule has 0 atom stereocenters. The van der Waals surface area contributed by atoms with Crippen molar-refractivity contribution < 1.29 is 24.0 Å². The van der Waals surface area contributed by atoms with Gasteiger partial charge in [-0.05, 0) is 24.1 Å². The van der Waals surface area contributed by atoms with Crippen LogP contribution >= 0.6 is 0 Å². The normalized spacial score (nSPS) is 19.3. The van der Waals surface area contributed by atoms with Crippen LogP contribution in [-0.2, 0) is 19.5 Å². The molecule has 0 saturated carbocycles. The molecule has 2 aromatic carbocycles. The second kappa shape index (κ2) is 9.80.